The topological polar surface area (TPSA) is 85.4 Å². The first-order chi connectivity index (χ1) is 12.3. The third-order valence-electron chi connectivity index (χ3n) is 4.18. The fourth-order valence-electron chi connectivity index (χ4n) is 2.66. The molecule has 1 aliphatic heterocycles. The summed E-state index contributed by atoms with van der Waals surface area (Å²) in [4.78, 5) is 2.11. The zero-order valence-electron chi connectivity index (χ0n) is 15.5. The number of rotatable bonds is 9. The Morgan fingerprint density at radius 2 is 1.65 bits per heavy atom. The second-order valence-corrected chi connectivity index (χ2v) is 10.1. The number of sulfonamides is 1. The molecule has 148 valence electrons. The van der Waals surface area contributed by atoms with Crippen molar-refractivity contribution < 1.29 is 26.8 Å². The molecule has 10 heteroatoms. The summed E-state index contributed by atoms with van der Waals surface area (Å²) in [7, 11) is -5.38. The van der Waals surface area contributed by atoms with Gasteiger partial charge >= 0.3 is 7.60 Å². The predicted molar refractivity (Wildman–Crippen MR) is 101 cm³/mol. The highest BCUT2D eigenvalue weighted by atomic mass is 32.2. The van der Waals surface area contributed by atoms with E-state index in [9.17, 15) is 13.0 Å². The van der Waals surface area contributed by atoms with Gasteiger partial charge in [-0.1, -0.05) is 6.92 Å². The Balaban J connectivity index is 1.92. The van der Waals surface area contributed by atoms with Crippen molar-refractivity contribution in [2.75, 3.05) is 56.9 Å². The molecule has 1 aliphatic rings. The van der Waals surface area contributed by atoms with Gasteiger partial charge in [0.2, 0.25) is 10.0 Å². The maximum atomic E-state index is 12.5. The predicted octanol–water partition coefficient (Wildman–Crippen LogP) is 2.37. The van der Waals surface area contributed by atoms with E-state index in [1.54, 1.807) is 21.0 Å². The van der Waals surface area contributed by atoms with Gasteiger partial charge in [-0.05, 0) is 31.2 Å². The molecule has 2 rings (SSSR count). The van der Waals surface area contributed by atoms with Gasteiger partial charge in [0.05, 0.1) is 13.7 Å². The van der Waals surface area contributed by atoms with Crippen molar-refractivity contribution in [1.29, 1.82) is 0 Å². The van der Waals surface area contributed by atoms with E-state index in [0.29, 0.717) is 26.2 Å². The Hall–Kier alpha value is -1.12. The quantitative estimate of drug-likeness (QED) is 0.582. The van der Waals surface area contributed by atoms with Crippen LogP contribution in [-0.4, -0.2) is 64.7 Å². The molecule has 1 aromatic carbocycles. The van der Waals surface area contributed by atoms with Gasteiger partial charge < -0.3 is 14.2 Å². The molecule has 0 aromatic heterocycles. The Morgan fingerprint density at radius 1 is 1.04 bits per heavy atom. The number of anilines is 1. The summed E-state index contributed by atoms with van der Waals surface area (Å²) in [6.07, 6.45) is 0.140. The van der Waals surface area contributed by atoms with E-state index in [-0.39, 0.29) is 12.8 Å². The standard InChI is InChI=1S/C16H27N2O6PS/c1-4-23-25(19,5-2)24-14-26(20,21)18-12-10-17(11-13-18)15-6-8-16(22-3)9-7-15/h6-9H,4-5,10-14H2,1-3H3. The zero-order chi connectivity index (χ0) is 19.2. The van der Waals surface area contributed by atoms with Gasteiger partial charge in [-0.2, -0.15) is 4.31 Å². The molecule has 1 aromatic rings. The van der Waals surface area contributed by atoms with Gasteiger partial charge in [-0.15, -0.1) is 0 Å². The first-order valence-electron chi connectivity index (χ1n) is 8.58. The van der Waals surface area contributed by atoms with Crippen molar-refractivity contribution in [3.63, 3.8) is 0 Å². The summed E-state index contributed by atoms with van der Waals surface area (Å²) < 4.78 is 53.9. The minimum atomic E-state index is -3.65. The van der Waals surface area contributed by atoms with E-state index in [2.05, 4.69) is 4.90 Å². The number of hydrogen-bond acceptors (Lipinski definition) is 7. The molecule has 1 saturated heterocycles. The molecule has 1 unspecified atom stereocenters. The lowest BCUT2D eigenvalue weighted by Gasteiger charge is -2.35. The molecule has 1 atom stereocenters. The third-order valence-corrected chi connectivity index (χ3v) is 7.87. The first kappa shape index (κ1) is 21.2. The van der Waals surface area contributed by atoms with Crippen LogP contribution < -0.4 is 9.64 Å². The smallest absolute Gasteiger partial charge is 0.331 e. The van der Waals surface area contributed by atoms with Crippen LogP contribution in [0.4, 0.5) is 5.69 Å². The maximum Gasteiger partial charge on any atom is 0.331 e. The van der Waals surface area contributed by atoms with Crippen molar-refractivity contribution in [3.05, 3.63) is 24.3 Å². The molecule has 26 heavy (non-hydrogen) atoms. The Morgan fingerprint density at radius 3 is 2.15 bits per heavy atom. The van der Waals surface area contributed by atoms with Crippen molar-refractivity contribution >= 4 is 23.3 Å². The number of nitrogens with zero attached hydrogens (tertiary/aromatic N) is 2. The number of methoxy groups -OCH3 is 1. The third kappa shape index (κ3) is 5.44. The highest BCUT2D eigenvalue weighted by Crippen LogP contribution is 2.47. The molecule has 8 nitrogen and oxygen atoms in total. The van der Waals surface area contributed by atoms with Crippen LogP contribution in [0.1, 0.15) is 13.8 Å². The van der Waals surface area contributed by atoms with Gasteiger partial charge in [-0.25, -0.2) is 8.42 Å². The van der Waals surface area contributed by atoms with E-state index < -0.39 is 23.6 Å². The van der Waals surface area contributed by atoms with Gasteiger partial charge in [0.1, 0.15) is 5.75 Å². The number of ether oxygens (including phenoxy) is 1. The normalized spacial score (nSPS) is 18.5. The van der Waals surface area contributed by atoms with Crippen molar-refractivity contribution in [1.82, 2.24) is 4.31 Å². The average molecular weight is 406 g/mol. The molecule has 0 spiro atoms. The lowest BCUT2D eigenvalue weighted by atomic mass is 10.2. The molecule has 0 amide bonds. The molecule has 0 aliphatic carbocycles. The van der Waals surface area contributed by atoms with Crippen LogP contribution in [0.15, 0.2) is 24.3 Å². The molecule has 0 saturated carbocycles. The van der Waals surface area contributed by atoms with Crippen molar-refractivity contribution in [2.45, 2.75) is 13.8 Å². The highest BCUT2D eigenvalue weighted by molar-refractivity contribution is 7.89. The maximum absolute atomic E-state index is 12.5. The summed E-state index contributed by atoms with van der Waals surface area (Å²) in [5.41, 5.74) is 1.02. The van der Waals surface area contributed by atoms with Crippen LogP contribution in [0, 0.1) is 0 Å². The second kappa shape index (κ2) is 9.19. The van der Waals surface area contributed by atoms with Crippen molar-refractivity contribution in [2.24, 2.45) is 0 Å². The summed E-state index contributed by atoms with van der Waals surface area (Å²) >= 11 is 0. The lowest BCUT2D eigenvalue weighted by molar-refractivity contribution is 0.231. The number of piperazine rings is 1. The van der Waals surface area contributed by atoms with Crippen LogP contribution in [0.25, 0.3) is 0 Å². The monoisotopic (exact) mass is 406 g/mol. The molecule has 1 heterocycles. The minimum absolute atomic E-state index is 0.140. The van der Waals surface area contributed by atoms with Gasteiger partial charge in [-0.3, -0.25) is 9.09 Å². The van der Waals surface area contributed by atoms with E-state index >= 15 is 0 Å². The lowest BCUT2D eigenvalue weighted by Crippen LogP contribution is -2.49. The molecular weight excluding hydrogens is 379 g/mol. The van der Waals surface area contributed by atoms with Crippen molar-refractivity contribution in [3.8, 4) is 5.75 Å². The number of benzene rings is 1. The van der Waals surface area contributed by atoms with E-state index in [1.807, 2.05) is 24.3 Å². The zero-order valence-corrected chi connectivity index (χ0v) is 17.2. The fourth-order valence-corrected chi connectivity index (χ4v) is 5.53. The summed E-state index contributed by atoms with van der Waals surface area (Å²) in [5, 5.41) is 0. The Bertz CT molecular complexity index is 717. The van der Waals surface area contributed by atoms with Gasteiger partial charge in [0, 0.05) is 38.0 Å². The van der Waals surface area contributed by atoms with Crippen LogP contribution in [0.2, 0.25) is 0 Å². The van der Waals surface area contributed by atoms with Crippen LogP contribution in [0.5, 0.6) is 5.75 Å². The van der Waals surface area contributed by atoms with E-state index in [0.717, 1.165) is 11.4 Å². The van der Waals surface area contributed by atoms with Crippen LogP contribution in [-0.2, 0) is 23.6 Å². The second-order valence-electron chi connectivity index (χ2n) is 5.79. The summed E-state index contributed by atoms with van der Waals surface area (Å²) in [5.74, 6) is 0.155. The van der Waals surface area contributed by atoms with E-state index in [1.165, 1.54) is 4.31 Å². The molecule has 0 N–H and O–H groups in total. The Labute approximate surface area is 155 Å². The molecule has 1 fully saturated rings. The average Bonchev–Trinajstić information content (AvgIpc) is 2.67. The Kier molecular flexibility index (Phi) is 7.49. The van der Waals surface area contributed by atoms with Crippen LogP contribution in [0.3, 0.4) is 0 Å². The minimum Gasteiger partial charge on any atom is -0.497 e. The molecular formula is C16H27N2O6PS. The SMILES string of the molecule is CCOP(=O)(CC)OCS(=O)(=O)N1CCN(c2ccc(OC)cc2)CC1. The molecule has 0 bridgehead atoms. The van der Waals surface area contributed by atoms with Gasteiger partial charge in [0.15, 0.2) is 5.94 Å². The number of hydrogen-bond donors (Lipinski definition) is 0. The molecule has 0 radical (unpaired) electrons. The highest BCUT2D eigenvalue weighted by Gasteiger charge is 2.31. The largest absolute Gasteiger partial charge is 0.497 e. The fraction of sp³-hybridized carbons (Fsp3) is 0.625. The summed E-state index contributed by atoms with van der Waals surface area (Å²) in [6.45, 7) is 5.40. The van der Waals surface area contributed by atoms with Crippen LogP contribution >= 0.6 is 7.60 Å². The first-order valence-corrected chi connectivity index (χ1v) is 11.9. The summed E-state index contributed by atoms with van der Waals surface area (Å²) in [6, 6.07) is 7.65. The van der Waals surface area contributed by atoms with E-state index in [4.69, 9.17) is 13.8 Å². The van der Waals surface area contributed by atoms with Gasteiger partial charge in [0.25, 0.3) is 0 Å².